The van der Waals surface area contributed by atoms with E-state index in [1.165, 1.54) is 23.6 Å². The molecule has 0 fully saturated rings. The van der Waals surface area contributed by atoms with E-state index in [2.05, 4.69) is 31.1 Å². The van der Waals surface area contributed by atoms with Gasteiger partial charge in [-0.25, -0.2) is 4.98 Å². The fourth-order valence-electron chi connectivity index (χ4n) is 1.37. The van der Waals surface area contributed by atoms with Gasteiger partial charge in [0.25, 0.3) is 5.89 Å². The van der Waals surface area contributed by atoms with Crippen LogP contribution < -0.4 is 0 Å². The summed E-state index contributed by atoms with van der Waals surface area (Å²) in [5.74, 6) is 0.215. The van der Waals surface area contributed by atoms with E-state index >= 15 is 0 Å². The summed E-state index contributed by atoms with van der Waals surface area (Å²) in [6, 6.07) is 6.59. The second-order valence-corrected chi connectivity index (χ2v) is 5.85. The molecule has 0 aliphatic carbocycles. The Morgan fingerprint density at radius 1 is 1.11 bits per heavy atom. The van der Waals surface area contributed by atoms with Gasteiger partial charge < -0.3 is 4.42 Å². The third-order valence-electron chi connectivity index (χ3n) is 2.18. The third-order valence-corrected chi connectivity index (χ3v) is 3.79. The molecule has 18 heavy (non-hydrogen) atoms. The summed E-state index contributed by atoms with van der Waals surface area (Å²) in [5.41, 5.74) is 0.589. The molecular formula is C11H5BrFN3OS. The fourth-order valence-corrected chi connectivity index (χ4v) is 2.68. The zero-order valence-corrected chi connectivity index (χ0v) is 11.2. The summed E-state index contributed by atoms with van der Waals surface area (Å²) in [5, 5.41) is 7.86. The molecule has 0 amide bonds. The Kier molecular flexibility index (Phi) is 2.92. The minimum absolute atomic E-state index is 0.321. The predicted octanol–water partition coefficient (Wildman–Crippen LogP) is 3.76. The van der Waals surface area contributed by atoms with E-state index in [4.69, 9.17) is 4.42 Å². The Labute approximate surface area is 114 Å². The molecule has 4 nitrogen and oxygen atoms in total. The van der Waals surface area contributed by atoms with Gasteiger partial charge in [-0.15, -0.1) is 21.5 Å². The van der Waals surface area contributed by atoms with Crippen molar-refractivity contribution in [3.63, 3.8) is 0 Å². The minimum atomic E-state index is -0.541. The quantitative estimate of drug-likeness (QED) is 0.673. The maximum Gasteiger partial charge on any atom is 0.258 e. The Hall–Kier alpha value is -1.60. The predicted molar refractivity (Wildman–Crippen MR) is 68.5 cm³/mol. The number of thiophene rings is 1. The van der Waals surface area contributed by atoms with Gasteiger partial charge in [-0.2, -0.15) is 4.39 Å². The van der Waals surface area contributed by atoms with Gasteiger partial charge in [0.2, 0.25) is 11.8 Å². The molecule has 0 saturated heterocycles. The number of pyridine rings is 1. The molecule has 0 radical (unpaired) electrons. The van der Waals surface area contributed by atoms with Gasteiger partial charge in [0, 0.05) is 6.20 Å². The number of hydrogen-bond donors (Lipinski definition) is 0. The normalized spacial score (nSPS) is 10.8. The van der Waals surface area contributed by atoms with Gasteiger partial charge in [0.15, 0.2) is 0 Å². The van der Waals surface area contributed by atoms with Gasteiger partial charge in [0.05, 0.1) is 14.2 Å². The molecule has 0 aliphatic rings. The Morgan fingerprint density at radius 2 is 1.94 bits per heavy atom. The molecule has 0 aromatic carbocycles. The van der Waals surface area contributed by atoms with Gasteiger partial charge in [-0.1, -0.05) is 0 Å². The number of halogens is 2. The van der Waals surface area contributed by atoms with Crippen molar-refractivity contribution in [2.75, 3.05) is 0 Å². The van der Waals surface area contributed by atoms with Crippen molar-refractivity contribution in [2.24, 2.45) is 0 Å². The molecule has 3 heterocycles. The second kappa shape index (κ2) is 4.58. The molecular weight excluding hydrogens is 321 g/mol. The van der Waals surface area contributed by atoms with Crippen LogP contribution in [0.2, 0.25) is 0 Å². The van der Waals surface area contributed by atoms with Crippen molar-refractivity contribution in [3.05, 3.63) is 40.2 Å². The number of rotatable bonds is 2. The van der Waals surface area contributed by atoms with Crippen molar-refractivity contribution >= 4 is 27.3 Å². The molecule has 7 heteroatoms. The summed E-state index contributed by atoms with van der Waals surface area (Å²) in [4.78, 5) is 4.41. The second-order valence-electron chi connectivity index (χ2n) is 3.39. The Balaban J connectivity index is 1.96. The van der Waals surface area contributed by atoms with Crippen LogP contribution in [0.5, 0.6) is 0 Å². The topological polar surface area (TPSA) is 51.8 Å². The average Bonchev–Trinajstić information content (AvgIpc) is 2.98. The van der Waals surface area contributed by atoms with Crippen molar-refractivity contribution in [2.45, 2.75) is 0 Å². The third kappa shape index (κ3) is 2.19. The molecule has 0 N–H and O–H groups in total. The molecule has 0 aliphatic heterocycles. The summed E-state index contributed by atoms with van der Waals surface area (Å²) < 4.78 is 19.2. The molecule has 3 rings (SSSR count). The van der Waals surface area contributed by atoms with Crippen LogP contribution in [0.1, 0.15) is 0 Å². The number of hydrogen-bond acceptors (Lipinski definition) is 5. The number of aromatic nitrogens is 3. The van der Waals surface area contributed by atoms with E-state index in [0.29, 0.717) is 17.3 Å². The van der Waals surface area contributed by atoms with Crippen LogP contribution in [-0.4, -0.2) is 15.2 Å². The Bertz CT molecular complexity index is 680. The molecule has 3 aromatic rings. The molecule has 0 atom stereocenters. The molecule has 0 saturated carbocycles. The number of nitrogens with zero attached hydrogens (tertiary/aromatic N) is 3. The standard InChI is InChI=1S/C11H5BrFN3OS/c12-8-3-2-7(18-8)11-16-15-10(17-11)6-1-4-9(13)14-5-6/h1-5H. The van der Waals surface area contributed by atoms with Crippen molar-refractivity contribution in [1.29, 1.82) is 0 Å². The van der Waals surface area contributed by atoms with Crippen LogP contribution >= 0.6 is 27.3 Å². The van der Waals surface area contributed by atoms with E-state index in [0.717, 1.165) is 8.66 Å². The van der Waals surface area contributed by atoms with E-state index in [1.807, 2.05) is 12.1 Å². The van der Waals surface area contributed by atoms with Gasteiger partial charge >= 0.3 is 0 Å². The molecule has 0 unspecified atom stereocenters. The van der Waals surface area contributed by atoms with Crippen LogP contribution in [0.4, 0.5) is 4.39 Å². The lowest BCUT2D eigenvalue weighted by atomic mass is 10.3. The van der Waals surface area contributed by atoms with Gasteiger partial charge in [-0.3, -0.25) is 0 Å². The summed E-state index contributed by atoms with van der Waals surface area (Å²) in [6.07, 6.45) is 1.36. The summed E-state index contributed by atoms with van der Waals surface area (Å²) in [6.45, 7) is 0. The van der Waals surface area contributed by atoms with Crippen LogP contribution in [0, 0.1) is 5.95 Å². The molecule has 0 bridgehead atoms. The van der Waals surface area contributed by atoms with Crippen LogP contribution in [-0.2, 0) is 0 Å². The highest BCUT2D eigenvalue weighted by molar-refractivity contribution is 9.11. The lowest BCUT2D eigenvalue weighted by Crippen LogP contribution is -1.83. The maximum absolute atomic E-state index is 12.7. The first-order valence-corrected chi connectivity index (χ1v) is 6.54. The summed E-state index contributed by atoms with van der Waals surface area (Å²) in [7, 11) is 0. The van der Waals surface area contributed by atoms with E-state index in [1.54, 1.807) is 6.07 Å². The average molecular weight is 326 g/mol. The van der Waals surface area contributed by atoms with Crippen molar-refractivity contribution < 1.29 is 8.81 Å². The highest BCUT2D eigenvalue weighted by Gasteiger charge is 2.12. The monoisotopic (exact) mass is 325 g/mol. The lowest BCUT2D eigenvalue weighted by Gasteiger charge is -1.92. The van der Waals surface area contributed by atoms with Crippen LogP contribution in [0.15, 0.2) is 38.7 Å². The first kappa shape index (κ1) is 11.5. The van der Waals surface area contributed by atoms with Gasteiger partial charge in [0.1, 0.15) is 0 Å². The maximum atomic E-state index is 12.7. The zero-order chi connectivity index (χ0) is 12.5. The largest absolute Gasteiger partial charge is 0.415 e. The molecule has 90 valence electrons. The minimum Gasteiger partial charge on any atom is -0.415 e. The smallest absolute Gasteiger partial charge is 0.258 e. The van der Waals surface area contributed by atoms with E-state index in [-0.39, 0.29) is 0 Å². The summed E-state index contributed by atoms with van der Waals surface area (Å²) >= 11 is 4.86. The van der Waals surface area contributed by atoms with Crippen LogP contribution in [0.25, 0.3) is 22.2 Å². The van der Waals surface area contributed by atoms with Crippen LogP contribution in [0.3, 0.4) is 0 Å². The SMILES string of the molecule is Fc1ccc(-c2nnc(-c3ccc(Br)s3)o2)cn1. The lowest BCUT2D eigenvalue weighted by molar-refractivity contribution is 0.576. The molecule has 0 spiro atoms. The first-order chi connectivity index (χ1) is 8.72. The fraction of sp³-hybridized carbons (Fsp3) is 0. The van der Waals surface area contributed by atoms with Crippen molar-refractivity contribution in [1.82, 2.24) is 15.2 Å². The van der Waals surface area contributed by atoms with Gasteiger partial charge in [-0.05, 0) is 40.2 Å². The zero-order valence-electron chi connectivity index (χ0n) is 8.80. The van der Waals surface area contributed by atoms with Crippen molar-refractivity contribution in [3.8, 4) is 22.2 Å². The van der Waals surface area contributed by atoms with E-state index < -0.39 is 5.95 Å². The van der Waals surface area contributed by atoms with E-state index in [9.17, 15) is 4.39 Å². The first-order valence-electron chi connectivity index (χ1n) is 4.93. The highest BCUT2D eigenvalue weighted by atomic mass is 79.9. The molecule has 3 aromatic heterocycles. The highest BCUT2D eigenvalue weighted by Crippen LogP contribution is 2.31. The Morgan fingerprint density at radius 3 is 2.61 bits per heavy atom.